The van der Waals surface area contributed by atoms with Crippen molar-refractivity contribution in [3.8, 4) is 0 Å². The highest BCUT2D eigenvalue weighted by atomic mass is 16.3. The minimum absolute atomic E-state index is 0.0750. The lowest BCUT2D eigenvalue weighted by atomic mass is 9.95. The lowest BCUT2D eigenvalue weighted by Gasteiger charge is -2.42. The molecule has 0 aliphatic carbocycles. The average molecular weight is 278 g/mol. The van der Waals surface area contributed by atoms with Gasteiger partial charge < -0.3 is 15.5 Å². The van der Waals surface area contributed by atoms with Crippen molar-refractivity contribution < 1.29 is 15.0 Å². The molecule has 1 aliphatic heterocycles. The number of hydrogen-bond acceptors (Lipinski definition) is 4. The first-order valence-corrected chi connectivity index (χ1v) is 6.94. The molecule has 5 heteroatoms. The minimum atomic E-state index is -0.630. The number of carbonyl (C=O) groups excluding carboxylic acids is 1. The molecule has 3 N–H and O–H groups in total. The molecule has 0 bridgehead atoms. The van der Waals surface area contributed by atoms with Crippen LogP contribution in [0.25, 0.3) is 0 Å². The van der Waals surface area contributed by atoms with Crippen molar-refractivity contribution in [2.75, 3.05) is 13.2 Å². The van der Waals surface area contributed by atoms with Gasteiger partial charge in [0.25, 0.3) is 0 Å². The molecule has 0 spiro atoms. The summed E-state index contributed by atoms with van der Waals surface area (Å²) in [6.45, 7) is 2.68. The van der Waals surface area contributed by atoms with Crippen LogP contribution in [0.3, 0.4) is 0 Å². The maximum atomic E-state index is 11.2. The van der Waals surface area contributed by atoms with E-state index < -0.39 is 6.10 Å². The van der Waals surface area contributed by atoms with E-state index >= 15 is 0 Å². The van der Waals surface area contributed by atoms with E-state index in [1.807, 2.05) is 35.2 Å². The normalized spacial score (nSPS) is 27.2. The van der Waals surface area contributed by atoms with E-state index in [-0.39, 0.29) is 24.6 Å². The second kappa shape index (κ2) is 6.83. The zero-order valence-electron chi connectivity index (χ0n) is 11.7. The Morgan fingerprint density at radius 1 is 1.40 bits per heavy atom. The Hall–Kier alpha value is -1.43. The molecule has 0 aromatic heterocycles. The van der Waals surface area contributed by atoms with Crippen LogP contribution in [0.15, 0.2) is 30.3 Å². The molecule has 1 heterocycles. The predicted octanol–water partition coefficient (Wildman–Crippen LogP) is 0.119. The number of benzene rings is 1. The molecule has 1 fully saturated rings. The second-order valence-electron chi connectivity index (χ2n) is 5.37. The topological polar surface area (TPSA) is 72.8 Å². The molecular weight excluding hydrogens is 256 g/mol. The van der Waals surface area contributed by atoms with Gasteiger partial charge in [-0.1, -0.05) is 30.3 Å². The van der Waals surface area contributed by atoms with Crippen LogP contribution in [-0.4, -0.2) is 52.4 Å². The van der Waals surface area contributed by atoms with Crippen molar-refractivity contribution in [1.29, 1.82) is 0 Å². The quantitative estimate of drug-likeness (QED) is 0.731. The van der Waals surface area contributed by atoms with Crippen LogP contribution in [0.2, 0.25) is 0 Å². The van der Waals surface area contributed by atoms with Gasteiger partial charge in [0.1, 0.15) is 0 Å². The molecule has 3 unspecified atom stereocenters. The molecule has 1 aliphatic rings. The number of aliphatic hydroxyl groups is 2. The van der Waals surface area contributed by atoms with Gasteiger partial charge in [0, 0.05) is 26.1 Å². The summed E-state index contributed by atoms with van der Waals surface area (Å²) in [5.41, 5.74) is 1.13. The van der Waals surface area contributed by atoms with Gasteiger partial charge in [0.2, 0.25) is 5.91 Å². The van der Waals surface area contributed by atoms with E-state index in [2.05, 4.69) is 5.32 Å². The monoisotopic (exact) mass is 278 g/mol. The Labute approximate surface area is 119 Å². The van der Waals surface area contributed by atoms with Crippen LogP contribution in [-0.2, 0) is 11.3 Å². The highest BCUT2D eigenvalue weighted by Crippen LogP contribution is 2.20. The first kappa shape index (κ1) is 15.0. The summed E-state index contributed by atoms with van der Waals surface area (Å²) in [6.07, 6.45) is -0.148. The van der Waals surface area contributed by atoms with E-state index in [1.165, 1.54) is 6.92 Å². The summed E-state index contributed by atoms with van der Waals surface area (Å²) in [5, 5.41) is 22.5. The molecule has 1 saturated heterocycles. The number of likely N-dealkylation sites (tertiary alicyclic amines) is 1. The van der Waals surface area contributed by atoms with Gasteiger partial charge in [0.05, 0.1) is 18.8 Å². The maximum Gasteiger partial charge on any atom is 0.217 e. The lowest BCUT2D eigenvalue weighted by Crippen LogP contribution is -2.58. The van der Waals surface area contributed by atoms with Gasteiger partial charge in [-0.2, -0.15) is 0 Å². The number of amides is 1. The van der Waals surface area contributed by atoms with Crippen molar-refractivity contribution in [3.63, 3.8) is 0 Å². The number of hydrogen-bond donors (Lipinski definition) is 3. The summed E-state index contributed by atoms with van der Waals surface area (Å²) in [7, 11) is 0. The average Bonchev–Trinajstić information content (AvgIpc) is 2.39. The van der Waals surface area contributed by atoms with E-state index in [9.17, 15) is 15.0 Å². The van der Waals surface area contributed by atoms with Crippen molar-refractivity contribution in [3.05, 3.63) is 35.9 Å². The van der Waals surface area contributed by atoms with E-state index in [0.29, 0.717) is 19.5 Å². The molecule has 5 nitrogen and oxygen atoms in total. The minimum Gasteiger partial charge on any atom is -0.395 e. The lowest BCUT2D eigenvalue weighted by molar-refractivity contribution is -0.121. The summed E-state index contributed by atoms with van der Waals surface area (Å²) in [6, 6.07) is 9.57. The Morgan fingerprint density at radius 3 is 2.70 bits per heavy atom. The van der Waals surface area contributed by atoms with Crippen LogP contribution in [0.4, 0.5) is 0 Å². The maximum absolute atomic E-state index is 11.2. The second-order valence-corrected chi connectivity index (χ2v) is 5.37. The van der Waals surface area contributed by atoms with Gasteiger partial charge in [-0.3, -0.25) is 9.69 Å². The van der Waals surface area contributed by atoms with Crippen molar-refractivity contribution in [1.82, 2.24) is 10.2 Å². The van der Waals surface area contributed by atoms with Gasteiger partial charge in [-0.15, -0.1) is 0 Å². The molecule has 110 valence electrons. The molecule has 0 radical (unpaired) electrons. The Bertz CT molecular complexity index is 438. The van der Waals surface area contributed by atoms with Crippen LogP contribution in [0.5, 0.6) is 0 Å². The largest absolute Gasteiger partial charge is 0.395 e. The van der Waals surface area contributed by atoms with Crippen LogP contribution in [0.1, 0.15) is 18.9 Å². The highest BCUT2D eigenvalue weighted by molar-refractivity contribution is 5.73. The fourth-order valence-corrected chi connectivity index (χ4v) is 2.81. The van der Waals surface area contributed by atoms with Crippen molar-refractivity contribution >= 4 is 5.91 Å². The third kappa shape index (κ3) is 3.79. The van der Waals surface area contributed by atoms with Gasteiger partial charge >= 0.3 is 0 Å². The van der Waals surface area contributed by atoms with Crippen LogP contribution in [0, 0.1) is 0 Å². The zero-order chi connectivity index (χ0) is 14.5. The van der Waals surface area contributed by atoms with Gasteiger partial charge in [0.15, 0.2) is 0 Å². The smallest absolute Gasteiger partial charge is 0.217 e. The fourth-order valence-electron chi connectivity index (χ4n) is 2.81. The zero-order valence-corrected chi connectivity index (χ0v) is 11.7. The molecule has 2 rings (SSSR count). The molecule has 20 heavy (non-hydrogen) atoms. The van der Waals surface area contributed by atoms with Crippen LogP contribution >= 0.6 is 0 Å². The third-order valence-electron chi connectivity index (χ3n) is 3.72. The number of piperidine rings is 1. The van der Waals surface area contributed by atoms with E-state index in [4.69, 9.17) is 0 Å². The Morgan fingerprint density at radius 2 is 2.10 bits per heavy atom. The van der Waals surface area contributed by atoms with Gasteiger partial charge in [-0.25, -0.2) is 0 Å². The summed E-state index contributed by atoms with van der Waals surface area (Å²) in [4.78, 5) is 13.2. The molecule has 3 atom stereocenters. The number of carbonyl (C=O) groups is 1. The SMILES string of the molecule is CC(=O)NC1CC(O)C(CO)N(Cc2ccccc2)C1. The third-order valence-corrected chi connectivity index (χ3v) is 3.72. The standard InChI is InChI=1S/C15H22N2O3/c1-11(19)16-13-7-15(20)14(10-18)17(9-13)8-12-5-3-2-4-6-12/h2-6,13-15,18,20H,7-10H2,1H3,(H,16,19). The van der Waals surface area contributed by atoms with Crippen LogP contribution < -0.4 is 5.32 Å². The highest BCUT2D eigenvalue weighted by Gasteiger charge is 2.34. The number of nitrogens with one attached hydrogen (secondary N) is 1. The summed E-state index contributed by atoms with van der Waals surface area (Å²) < 4.78 is 0. The fraction of sp³-hybridized carbons (Fsp3) is 0.533. The summed E-state index contributed by atoms with van der Waals surface area (Å²) >= 11 is 0. The first-order valence-electron chi connectivity index (χ1n) is 6.94. The van der Waals surface area contributed by atoms with Gasteiger partial charge in [-0.05, 0) is 12.0 Å². The van der Waals surface area contributed by atoms with E-state index in [0.717, 1.165) is 5.56 Å². The van der Waals surface area contributed by atoms with E-state index in [1.54, 1.807) is 0 Å². The molecule has 1 aromatic carbocycles. The van der Waals surface area contributed by atoms with Crippen molar-refractivity contribution in [2.24, 2.45) is 0 Å². The first-order chi connectivity index (χ1) is 9.60. The number of aliphatic hydroxyl groups excluding tert-OH is 2. The number of nitrogens with zero attached hydrogens (tertiary/aromatic N) is 1. The number of rotatable bonds is 4. The Kier molecular flexibility index (Phi) is 5.11. The predicted molar refractivity (Wildman–Crippen MR) is 76.0 cm³/mol. The molecule has 1 aromatic rings. The molecular formula is C15H22N2O3. The van der Waals surface area contributed by atoms with Crippen molar-refractivity contribution in [2.45, 2.75) is 38.1 Å². The molecule has 0 saturated carbocycles. The summed E-state index contributed by atoms with van der Waals surface area (Å²) in [5.74, 6) is -0.0932. The Balaban J connectivity index is 2.07. The molecule has 1 amide bonds.